The molecule has 0 unspecified atom stereocenters. The number of rotatable bonds is 8. The second-order valence-electron chi connectivity index (χ2n) is 7.84. The Kier molecular flexibility index (Phi) is 7.03. The minimum absolute atomic E-state index is 0.0540. The molecule has 1 saturated carbocycles. The van der Waals surface area contributed by atoms with E-state index in [0.717, 1.165) is 24.0 Å². The fraction of sp³-hybridized carbons (Fsp3) is 0.250. The van der Waals surface area contributed by atoms with Gasteiger partial charge in [0.25, 0.3) is 10.0 Å². The Bertz CT molecular complexity index is 1190. The maximum Gasteiger partial charge on any atom is 0.276 e. The lowest BCUT2D eigenvalue weighted by molar-refractivity contribution is -0.0238. The molecule has 0 saturated heterocycles. The van der Waals surface area contributed by atoms with Crippen molar-refractivity contribution in [2.24, 2.45) is 11.0 Å². The summed E-state index contributed by atoms with van der Waals surface area (Å²) in [5, 5.41) is 4.32. The molecule has 0 amide bonds. The molecule has 4 rings (SSSR count). The van der Waals surface area contributed by atoms with Crippen LogP contribution in [0.1, 0.15) is 29.7 Å². The minimum Gasteiger partial charge on any atom is -0.373 e. The average Bonchev–Trinajstić information content (AvgIpc) is 2.75. The van der Waals surface area contributed by atoms with E-state index in [2.05, 4.69) is 30.8 Å². The van der Waals surface area contributed by atoms with Crippen molar-refractivity contribution in [1.29, 1.82) is 0 Å². The van der Waals surface area contributed by atoms with E-state index < -0.39 is 10.0 Å². The summed E-state index contributed by atoms with van der Waals surface area (Å²) in [5.41, 5.74) is 3.37. The van der Waals surface area contributed by atoms with E-state index in [-0.39, 0.29) is 16.9 Å². The molecule has 1 aliphatic carbocycles. The van der Waals surface area contributed by atoms with Crippen LogP contribution in [0.25, 0.3) is 0 Å². The molecule has 0 spiro atoms. The van der Waals surface area contributed by atoms with Crippen LogP contribution in [-0.2, 0) is 21.4 Å². The van der Waals surface area contributed by atoms with Gasteiger partial charge in [0.1, 0.15) is 4.60 Å². The van der Waals surface area contributed by atoms with Crippen molar-refractivity contribution in [1.82, 2.24) is 9.82 Å². The van der Waals surface area contributed by atoms with Crippen LogP contribution < -0.4 is 4.83 Å². The van der Waals surface area contributed by atoms with Crippen LogP contribution in [0.5, 0.6) is 0 Å². The topological polar surface area (TPSA) is 80.7 Å². The van der Waals surface area contributed by atoms with Crippen LogP contribution in [-0.4, -0.2) is 25.2 Å². The van der Waals surface area contributed by atoms with Gasteiger partial charge < -0.3 is 4.74 Å². The number of halogens is 1. The van der Waals surface area contributed by atoms with Crippen molar-refractivity contribution < 1.29 is 13.2 Å². The van der Waals surface area contributed by atoms with Crippen LogP contribution >= 0.6 is 15.9 Å². The minimum atomic E-state index is -3.78. The summed E-state index contributed by atoms with van der Waals surface area (Å²) in [4.78, 5) is 7.06. The summed E-state index contributed by atoms with van der Waals surface area (Å²) in [6, 6.07) is 22.2. The van der Waals surface area contributed by atoms with Crippen LogP contribution in [0.2, 0.25) is 0 Å². The molecule has 6 nitrogen and oxygen atoms in total. The highest BCUT2D eigenvalue weighted by atomic mass is 79.9. The molecule has 32 heavy (non-hydrogen) atoms. The molecule has 1 aromatic heterocycles. The first-order chi connectivity index (χ1) is 15.4. The molecule has 1 fully saturated rings. The lowest BCUT2D eigenvalue weighted by Crippen LogP contribution is -2.38. The summed E-state index contributed by atoms with van der Waals surface area (Å²) in [5.74, 6) is 0.0540. The molecule has 3 aromatic rings. The number of aryl methyl sites for hydroxylation is 1. The molecule has 1 N–H and O–H groups in total. The van der Waals surface area contributed by atoms with Gasteiger partial charge in [-0.05, 0) is 65.5 Å². The second-order valence-corrected chi connectivity index (χ2v) is 10.3. The monoisotopic (exact) mass is 513 g/mol. The first-order valence-corrected chi connectivity index (χ1v) is 12.6. The van der Waals surface area contributed by atoms with Crippen molar-refractivity contribution in [3.63, 3.8) is 0 Å². The maximum atomic E-state index is 12.7. The highest BCUT2D eigenvalue weighted by Crippen LogP contribution is 2.34. The summed E-state index contributed by atoms with van der Waals surface area (Å²) in [6.07, 6.45) is 1.62. The Labute approximate surface area is 196 Å². The Morgan fingerprint density at radius 1 is 1.06 bits per heavy atom. The van der Waals surface area contributed by atoms with Crippen molar-refractivity contribution in [3.8, 4) is 0 Å². The molecule has 1 heterocycles. The van der Waals surface area contributed by atoms with E-state index in [1.165, 1.54) is 0 Å². The molecular weight excluding hydrogens is 490 g/mol. The quantitative estimate of drug-likeness (QED) is 0.265. The van der Waals surface area contributed by atoms with Gasteiger partial charge in [-0.3, -0.25) is 0 Å². The number of benzene rings is 2. The first-order valence-electron chi connectivity index (χ1n) is 10.4. The largest absolute Gasteiger partial charge is 0.373 e. The van der Waals surface area contributed by atoms with Gasteiger partial charge in [-0.1, -0.05) is 54.1 Å². The predicted octanol–water partition coefficient (Wildman–Crippen LogP) is 4.83. The normalized spacial score (nSPS) is 18.8. The second kappa shape index (κ2) is 9.94. The van der Waals surface area contributed by atoms with E-state index in [1.807, 2.05) is 55.5 Å². The Balaban J connectivity index is 1.48. The van der Waals surface area contributed by atoms with Gasteiger partial charge in [0, 0.05) is 5.92 Å². The van der Waals surface area contributed by atoms with Gasteiger partial charge >= 0.3 is 0 Å². The first kappa shape index (κ1) is 22.6. The van der Waals surface area contributed by atoms with Gasteiger partial charge in [0.05, 0.1) is 29.0 Å². The zero-order chi connectivity index (χ0) is 22.6. The van der Waals surface area contributed by atoms with Crippen molar-refractivity contribution >= 4 is 31.7 Å². The van der Waals surface area contributed by atoms with Crippen LogP contribution in [0.4, 0.5) is 0 Å². The number of nitrogens with one attached hydrogen (secondary N) is 1. The summed E-state index contributed by atoms with van der Waals surface area (Å²) < 4.78 is 32.1. The molecule has 0 bridgehead atoms. The van der Waals surface area contributed by atoms with E-state index >= 15 is 0 Å². The van der Waals surface area contributed by atoms with Gasteiger partial charge in [-0.25, -0.2) is 4.98 Å². The third-order valence-electron chi connectivity index (χ3n) is 5.41. The highest BCUT2D eigenvalue weighted by Gasteiger charge is 2.35. The van der Waals surface area contributed by atoms with Crippen molar-refractivity contribution in [3.05, 3.63) is 94.2 Å². The number of ether oxygens (including phenoxy) is 1. The molecule has 2 aromatic carbocycles. The molecule has 166 valence electrons. The zero-order valence-corrected chi connectivity index (χ0v) is 20.0. The number of sulfonamides is 1. The van der Waals surface area contributed by atoms with Crippen molar-refractivity contribution in [2.75, 3.05) is 0 Å². The van der Waals surface area contributed by atoms with Gasteiger partial charge in [-0.15, -0.1) is 0 Å². The summed E-state index contributed by atoms with van der Waals surface area (Å²) in [7, 11) is -3.78. The summed E-state index contributed by atoms with van der Waals surface area (Å²) in [6.45, 7) is 2.46. The number of aromatic nitrogens is 1. The van der Waals surface area contributed by atoms with E-state index in [0.29, 0.717) is 22.6 Å². The van der Waals surface area contributed by atoms with Gasteiger partial charge in [0.15, 0.2) is 0 Å². The molecule has 0 aliphatic heterocycles. The predicted molar refractivity (Wildman–Crippen MR) is 128 cm³/mol. The third kappa shape index (κ3) is 5.62. The lowest BCUT2D eigenvalue weighted by atomic mass is 9.78. The van der Waals surface area contributed by atoms with Crippen LogP contribution in [0, 0.1) is 12.8 Å². The van der Waals surface area contributed by atoms with Gasteiger partial charge in [-0.2, -0.15) is 18.4 Å². The maximum absolute atomic E-state index is 12.7. The van der Waals surface area contributed by atoms with E-state index in [9.17, 15) is 8.42 Å². The number of hydrogen-bond acceptors (Lipinski definition) is 5. The van der Waals surface area contributed by atoms with E-state index in [1.54, 1.807) is 24.3 Å². The number of nitrogens with zero attached hydrogens (tertiary/aromatic N) is 2. The van der Waals surface area contributed by atoms with Crippen LogP contribution in [0.15, 0.2) is 87.4 Å². The number of pyridine rings is 1. The molecular formula is C24H24BrN3O3S. The van der Waals surface area contributed by atoms with Crippen LogP contribution in [0.3, 0.4) is 0 Å². The Morgan fingerprint density at radius 2 is 1.78 bits per heavy atom. The third-order valence-corrected chi connectivity index (χ3v) is 7.07. The average molecular weight is 514 g/mol. The Morgan fingerprint density at radius 3 is 2.47 bits per heavy atom. The molecule has 0 radical (unpaired) electrons. The molecule has 0 atom stereocenters. The molecule has 1 aliphatic rings. The lowest BCUT2D eigenvalue weighted by Gasteiger charge is -2.35. The zero-order valence-electron chi connectivity index (χ0n) is 17.6. The molecule has 8 heteroatoms. The number of hydrazone groups is 1. The smallest absolute Gasteiger partial charge is 0.276 e. The standard InChI is InChI=1S/C24H24BrN3O3S/c1-17-10-12-21(13-11-17)32(29,30)28-27-24(22-8-5-9-23(25)26-22)19-14-20(15-19)31-16-18-6-3-2-4-7-18/h2-13,19-20,28H,14-16H2,1H3/b27-24+. The van der Waals surface area contributed by atoms with E-state index in [4.69, 9.17) is 4.74 Å². The highest BCUT2D eigenvalue weighted by molar-refractivity contribution is 9.10. The number of hydrogen-bond donors (Lipinski definition) is 1. The summed E-state index contributed by atoms with van der Waals surface area (Å²) >= 11 is 3.39. The fourth-order valence-corrected chi connectivity index (χ4v) is 4.66. The van der Waals surface area contributed by atoms with Crippen molar-refractivity contribution in [2.45, 2.75) is 37.4 Å². The van der Waals surface area contributed by atoms with Gasteiger partial charge in [0.2, 0.25) is 0 Å². The SMILES string of the molecule is Cc1ccc(S(=O)(=O)N/N=C(/c2cccc(Br)n2)C2CC(OCc3ccccc3)C2)cc1. The fourth-order valence-electron chi connectivity index (χ4n) is 3.50. The Hall–Kier alpha value is -2.55.